The van der Waals surface area contributed by atoms with Crippen molar-refractivity contribution < 1.29 is 44.1 Å². The van der Waals surface area contributed by atoms with Gasteiger partial charge in [-0.25, -0.2) is 39.3 Å². The highest BCUT2D eigenvalue weighted by molar-refractivity contribution is 5.69. The van der Waals surface area contributed by atoms with Gasteiger partial charge in [0.25, 0.3) is 0 Å². The molecule has 53 heavy (non-hydrogen) atoms. The quantitative estimate of drug-likeness (QED) is 0.0750. The van der Waals surface area contributed by atoms with E-state index in [1.807, 2.05) is 0 Å². The molecule has 2 fully saturated rings. The van der Waals surface area contributed by atoms with Gasteiger partial charge in [0.2, 0.25) is 0 Å². The average molecular weight is 737 g/mol. The van der Waals surface area contributed by atoms with Crippen molar-refractivity contribution in [2.24, 2.45) is 0 Å². The Morgan fingerprint density at radius 3 is 1.58 bits per heavy atom. The lowest BCUT2D eigenvalue weighted by molar-refractivity contribution is -0.0767. The lowest BCUT2D eigenvalue weighted by Crippen LogP contribution is -2.35. The molecule has 2 aliphatic rings. The summed E-state index contributed by atoms with van der Waals surface area (Å²) in [4.78, 5) is 25.0. The zero-order valence-corrected chi connectivity index (χ0v) is 28.0. The third-order valence-electron chi connectivity index (χ3n) is 8.96. The summed E-state index contributed by atoms with van der Waals surface area (Å²) in [5.74, 6) is 0. The second kappa shape index (κ2) is 15.6. The Bertz CT molecular complexity index is 1960. The van der Waals surface area contributed by atoms with E-state index in [0.29, 0.717) is 60.0 Å². The zero-order valence-electron chi connectivity index (χ0n) is 28.0. The molecule has 0 unspecified atom stereocenters. The summed E-state index contributed by atoms with van der Waals surface area (Å²) in [5.41, 5.74) is 3.18. The Hall–Kier alpha value is -4.98. The molecule has 0 saturated carbocycles. The van der Waals surface area contributed by atoms with E-state index in [0.717, 1.165) is 0 Å². The first-order valence-electron chi connectivity index (χ1n) is 16.7. The standard InChI is InChI=1S/C30H36N14O9/c45-9-21-23(47)25(29(52-21)43-15-35-19-5-31-13-33-27(19)43)50-11-17-7-41(39-37-17)1-3-49-4-2-42-8-18(38-40-42)12-51-26-24(48)22(10-46)53-30(26)44-16-36-20-6-32-14-34-28(20)44/h5-8,13-16,21-26,29-30,45-48H,1-4,9-12H2/t21-,22-,23-,24-,25-,26-,29-,30-/m1/s1. The van der Waals surface area contributed by atoms with Crippen LogP contribution in [0.1, 0.15) is 23.8 Å². The molecule has 8 atom stereocenters. The van der Waals surface area contributed by atoms with Gasteiger partial charge in [-0.1, -0.05) is 10.4 Å². The molecule has 23 heteroatoms. The molecule has 0 aromatic carbocycles. The van der Waals surface area contributed by atoms with Gasteiger partial charge in [0.05, 0.1) is 90.2 Å². The van der Waals surface area contributed by atoms with Gasteiger partial charge in [0.1, 0.15) is 71.7 Å². The van der Waals surface area contributed by atoms with Crippen LogP contribution < -0.4 is 0 Å². The molecule has 6 aromatic rings. The number of rotatable bonds is 16. The molecule has 23 nitrogen and oxygen atoms in total. The smallest absolute Gasteiger partial charge is 0.166 e. The molecule has 2 saturated heterocycles. The summed E-state index contributed by atoms with van der Waals surface area (Å²) in [6, 6.07) is 0. The fourth-order valence-corrected chi connectivity index (χ4v) is 6.30. The number of aliphatic hydroxyl groups excluding tert-OH is 4. The zero-order chi connectivity index (χ0) is 36.3. The number of nitrogens with zero attached hydrogens (tertiary/aromatic N) is 14. The van der Waals surface area contributed by atoms with Gasteiger partial charge >= 0.3 is 0 Å². The number of aliphatic hydroxyl groups is 4. The molecule has 2 aliphatic heterocycles. The van der Waals surface area contributed by atoms with E-state index in [9.17, 15) is 20.4 Å². The SMILES string of the molecule is OC[C@H]1O[C@@H](n2cnc3cncnc32)[C@H](OCc2cn(CCOCCn3cc(CO[C@@H]4[C@H](O)[C@@H](CO)O[C@H]4n4cnc5cncnc54)nn3)nn2)[C@@H]1O. The van der Waals surface area contributed by atoms with Crippen molar-refractivity contribution in [3.05, 3.63) is 61.5 Å². The highest BCUT2D eigenvalue weighted by Crippen LogP contribution is 2.35. The summed E-state index contributed by atoms with van der Waals surface area (Å²) < 4.78 is 36.2. The van der Waals surface area contributed by atoms with E-state index in [1.54, 1.807) is 43.3 Å². The summed E-state index contributed by atoms with van der Waals surface area (Å²) in [6.45, 7) is 0.830. The number of hydrogen-bond acceptors (Lipinski definition) is 19. The number of fused-ring (bicyclic) bond motifs is 2. The third kappa shape index (κ3) is 7.20. The number of imidazole rings is 2. The largest absolute Gasteiger partial charge is 0.394 e. The number of aromatic nitrogens is 14. The van der Waals surface area contributed by atoms with E-state index in [4.69, 9.17) is 23.7 Å². The monoisotopic (exact) mass is 736 g/mol. The minimum Gasteiger partial charge on any atom is -0.394 e. The van der Waals surface area contributed by atoms with Crippen LogP contribution in [-0.4, -0.2) is 153 Å². The minimum absolute atomic E-state index is 0.0331. The summed E-state index contributed by atoms with van der Waals surface area (Å²) >= 11 is 0. The molecular weight excluding hydrogens is 700 g/mol. The summed E-state index contributed by atoms with van der Waals surface area (Å²) in [5, 5.41) is 57.7. The normalized spacial score (nSPS) is 26.0. The first-order valence-corrected chi connectivity index (χ1v) is 16.7. The van der Waals surface area contributed by atoms with E-state index in [1.165, 1.54) is 25.3 Å². The topological polar surface area (TPSA) is 276 Å². The van der Waals surface area contributed by atoms with Crippen LogP contribution in [0.15, 0.2) is 50.1 Å². The maximum absolute atomic E-state index is 10.8. The molecule has 8 heterocycles. The van der Waals surface area contributed by atoms with E-state index in [-0.39, 0.29) is 13.2 Å². The second-order valence-corrected chi connectivity index (χ2v) is 12.4. The van der Waals surface area contributed by atoms with Crippen LogP contribution in [-0.2, 0) is 50.0 Å². The van der Waals surface area contributed by atoms with Crippen molar-refractivity contribution in [2.75, 3.05) is 26.4 Å². The minimum atomic E-state index is -1.10. The van der Waals surface area contributed by atoms with Gasteiger partial charge in [-0.2, -0.15) is 0 Å². The van der Waals surface area contributed by atoms with Crippen LogP contribution in [0.25, 0.3) is 22.3 Å². The first-order chi connectivity index (χ1) is 26.0. The Labute approximate surface area is 298 Å². The van der Waals surface area contributed by atoms with Crippen LogP contribution in [0.5, 0.6) is 0 Å². The molecule has 0 spiro atoms. The van der Waals surface area contributed by atoms with Crippen molar-refractivity contribution in [1.29, 1.82) is 0 Å². The average Bonchev–Trinajstić information content (AvgIpc) is 4.04. The lowest BCUT2D eigenvalue weighted by Gasteiger charge is -2.21. The van der Waals surface area contributed by atoms with Gasteiger partial charge in [-0.3, -0.25) is 9.13 Å². The van der Waals surface area contributed by atoms with Crippen LogP contribution in [0, 0.1) is 0 Å². The maximum Gasteiger partial charge on any atom is 0.166 e. The van der Waals surface area contributed by atoms with Crippen molar-refractivity contribution in [3.63, 3.8) is 0 Å². The fraction of sp³-hybridized carbons (Fsp3) is 0.533. The van der Waals surface area contributed by atoms with E-state index >= 15 is 0 Å². The highest BCUT2D eigenvalue weighted by Gasteiger charge is 2.47. The molecule has 6 aromatic heterocycles. The fourth-order valence-electron chi connectivity index (χ4n) is 6.30. The summed E-state index contributed by atoms with van der Waals surface area (Å²) in [7, 11) is 0. The van der Waals surface area contributed by atoms with Crippen molar-refractivity contribution in [3.8, 4) is 0 Å². The van der Waals surface area contributed by atoms with Crippen LogP contribution in [0.2, 0.25) is 0 Å². The van der Waals surface area contributed by atoms with Crippen LogP contribution >= 0.6 is 0 Å². The van der Waals surface area contributed by atoms with E-state index in [2.05, 4.69) is 50.5 Å². The Morgan fingerprint density at radius 2 is 1.13 bits per heavy atom. The van der Waals surface area contributed by atoms with E-state index < -0.39 is 62.3 Å². The molecular formula is C30H36N14O9. The lowest BCUT2D eigenvalue weighted by atomic mass is 10.1. The third-order valence-corrected chi connectivity index (χ3v) is 8.96. The van der Waals surface area contributed by atoms with Crippen molar-refractivity contribution in [1.82, 2.24) is 69.0 Å². The van der Waals surface area contributed by atoms with Crippen LogP contribution in [0.3, 0.4) is 0 Å². The number of ether oxygens (including phenoxy) is 5. The Kier molecular flexibility index (Phi) is 10.3. The molecule has 280 valence electrons. The van der Waals surface area contributed by atoms with Gasteiger partial charge in [-0.15, -0.1) is 10.2 Å². The maximum atomic E-state index is 10.8. The molecule has 4 N–H and O–H groups in total. The second-order valence-electron chi connectivity index (χ2n) is 12.4. The van der Waals surface area contributed by atoms with Crippen LogP contribution in [0.4, 0.5) is 0 Å². The van der Waals surface area contributed by atoms with Crippen molar-refractivity contribution in [2.45, 2.75) is 75.4 Å². The highest BCUT2D eigenvalue weighted by atomic mass is 16.6. The van der Waals surface area contributed by atoms with Gasteiger partial charge in [0.15, 0.2) is 23.8 Å². The molecule has 0 amide bonds. The predicted octanol–water partition coefficient (Wildman–Crippen LogP) is -2.46. The molecule has 0 radical (unpaired) electrons. The molecule has 0 bridgehead atoms. The van der Waals surface area contributed by atoms with Gasteiger partial charge < -0.3 is 44.1 Å². The predicted molar refractivity (Wildman–Crippen MR) is 173 cm³/mol. The molecule has 0 aliphatic carbocycles. The number of hydrogen-bond donors (Lipinski definition) is 4. The van der Waals surface area contributed by atoms with Crippen molar-refractivity contribution >= 4 is 22.3 Å². The van der Waals surface area contributed by atoms with Gasteiger partial charge in [-0.05, 0) is 0 Å². The summed E-state index contributed by atoms with van der Waals surface area (Å²) in [6.07, 6.45) is 5.26. The molecule has 8 rings (SSSR count). The van der Waals surface area contributed by atoms with Gasteiger partial charge in [0, 0.05) is 0 Å². The Balaban J connectivity index is 0.786. The Morgan fingerprint density at radius 1 is 0.660 bits per heavy atom. The first kappa shape index (κ1) is 35.1.